The molecule has 0 heterocycles. The van der Waals surface area contributed by atoms with Crippen LogP contribution in [0.4, 0.5) is 0 Å². The van der Waals surface area contributed by atoms with E-state index in [1.54, 1.807) is 20.8 Å². The number of aliphatic hydroxyl groups excluding tert-OH is 1. The molecular weight excluding hydrogens is 164 g/mol. The van der Waals surface area contributed by atoms with Gasteiger partial charge in [-0.3, -0.25) is 0 Å². The molecule has 0 saturated heterocycles. The minimum atomic E-state index is -3.06. The number of aliphatic hydroxyl groups is 1. The Morgan fingerprint density at radius 1 is 1.36 bits per heavy atom. The van der Waals surface area contributed by atoms with Crippen molar-refractivity contribution >= 4 is 9.84 Å². The van der Waals surface area contributed by atoms with Crippen LogP contribution in [0.25, 0.3) is 0 Å². The summed E-state index contributed by atoms with van der Waals surface area (Å²) in [4.78, 5) is 0. The summed E-state index contributed by atoms with van der Waals surface area (Å²) in [5.74, 6) is 0.0982. The molecule has 0 radical (unpaired) electrons. The SMILES string of the molecule is CCS(=O)(=O)C(CO)C(C)C. The van der Waals surface area contributed by atoms with Gasteiger partial charge < -0.3 is 5.11 Å². The Labute approximate surface area is 68.3 Å². The maximum Gasteiger partial charge on any atom is 0.155 e. The van der Waals surface area contributed by atoms with E-state index in [-0.39, 0.29) is 18.3 Å². The van der Waals surface area contributed by atoms with Crippen molar-refractivity contribution < 1.29 is 13.5 Å². The van der Waals surface area contributed by atoms with Crippen LogP contribution in [0, 0.1) is 5.92 Å². The average Bonchev–Trinajstić information content (AvgIpc) is 1.88. The second-order valence-corrected chi connectivity index (χ2v) is 5.43. The fraction of sp³-hybridized carbons (Fsp3) is 1.00. The number of rotatable bonds is 4. The van der Waals surface area contributed by atoms with E-state index in [1.807, 2.05) is 0 Å². The maximum atomic E-state index is 11.2. The van der Waals surface area contributed by atoms with Crippen LogP contribution in [-0.2, 0) is 9.84 Å². The fourth-order valence-corrected chi connectivity index (χ4v) is 2.44. The van der Waals surface area contributed by atoms with E-state index in [0.717, 1.165) is 0 Å². The van der Waals surface area contributed by atoms with Gasteiger partial charge in [-0.2, -0.15) is 0 Å². The summed E-state index contributed by atoms with van der Waals surface area (Å²) in [5, 5.41) is 8.19. The van der Waals surface area contributed by atoms with Crippen molar-refractivity contribution in [1.82, 2.24) is 0 Å². The lowest BCUT2D eigenvalue weighted by Gasteiger charge is -2.17. The van der Waals surface area contributed by atoms with E-state index in [4.69, 9.17) is 5.11 Å². The summed E-state index contributed by atoms with van der Waals surface area (Å²) < 4.78 is 22.4. The van der Waals surface area contributed by atoms with Crippen LogP contribution < -0.4 is 0 Å². The van der Waals surface area contributed by atoms with Gasteiger partial charge in [-0.1, -0.05) is 20.8 Å². The molecule has 11 heavy (non-hydrogen) atoms. The Balaban J connectivity index is 4.51. The van der Waals surface area contributed by atoms with E-state index in [0.29, 0.717) is 0 Å². The maximum absolute atomic E-state index is 11.2. The van der Waals surface area contributed by atoms with E-state index in [9.17, 15) is 8.42 Å². The third-order valence-corrected chi connectivity index (χ3v) is 4.21. The molecule has 0 aliphatic carbocycles. The smallest absolute Gasteiger partial charge is 0.155 e. The molecule has 1 atom stereocenters. The minimum Gasteiger partial charge on any atom is -0.395 e. The third-order valence-electron chi connectivity index (χ3n) is 1.79. The van der Waals surface area contributed by atoms with Crippen LogP contribution >= 0.6 is 0 Å². The summed E-state index contributed by atoms with van der Waals surface area (Å²) in [7, 11) is -3.06. The van der Waals surface area contributed by atoms with Gasteiger partial charge in [0.15, 0.2) is 9.84 Å². The van der Waals surface area contributed by atoms with E-state index in [1.165, 1.54) is 0 Å². The highest BCUT2D eigenvalue weighted by molar-refractivity contribution is 7.92. The molecular formula is C7H16O3S. The molecule has 1 unspecified atom stereocenters. The number of hydrogen-bond donors (Lipinski definition) is 1. The molecule has 0 aromatic heterocycles. The van der Waals surface area contributed by atoms with Gasteiger partial charge in [0.2, 0.25) is 0 Å². The topological polar surface area (TPSA) is 54.4 Å². The van der Waals surface area contributed by atoms with Crippen molar-refractivity contribution in [2.45, 2.75) is 26.0 Å². The summed E-state index contributed by atoms with van der Waals surface area (Å²) >= 11 is 0. The molecule has 1 N–H and O–H groups in total. The van der Waals surface area contributed by atoms with Gasteiger partial charge in [-0.25, -0.2) is 8.42 Å². The molecule has 0 aromatic rings. The predicted molar refractivity (Wildman–Crippen MR) is 45.2 cm³/mol. The van der Waals surface area contributed by atoms with Gasteiger partial charge in [-0.15, -0.1) is 0 Å². The molecule has 4 heteroatoms. The second kappa shape index (κ2) is 4.07. The third kappa shape index (κ3) is 2.79. The molecule has 0 aromatic carbocycles. The highest BCUT2D eigenvalue weighted by Gasteiger charge is 2.25. The zero-order valence-corrected chi connectivity index (χ0v) is 8.06. The van der Waals surface area contributed by atoms with E-state index >= 15 is 0 Å². The van der Waals surface area contributed by atoms with Crippen molar-refractivity contribution in [3.63, 3.8) is 0 Å². The van der Waals surface area contributed by atoms with Gasteiger partial charge in [0, 0.05) is 5.75 Å². The summed E-state index contributed by atoms with van der Waals surface area (Å²) in [6, 6.07) is 0. The van der Waals surface area contributed by atoms with E-state index < -0.39 is 15.1 Å². The summed E-state index contributed by atoms with van der Waals surface area (Å²) in [6.07, 6.45) is 0. The summed E-state index contributed by atoms with van der Waals surface area (Å²) in [6.45, 7) is 4.93. The molecule has 0 saturated carbocycles. The van der Waals surface area contributed by atoms with Crippen LogP contribution in [0.15, 0.2) is 0 Å². The van der Waals surface area contributed by atoms with Crippen LogP contribution in [0.5, 0.6) is 0 Å². The van der Waals surface area contributed by atoms with Crippen molar-refractivity contribution in [2.75, 3.05) is 12.4 Å². The lowest BCUT2D eigenvalue weighted by Crippen LogP contribution is -2.31. The molecule has 0 spiro atoms. The van der Waals surface area contributed by atoms with Crippen molar-refractivity contribution in [1.29, 1.82) is 0 Å². The average molecular weight is 180 g/mol. The predicted octanol–water partition coefficient (Wildman–Crippen LogP) is 0.438. The number of sulfone groups is 1. The summed E-state index contributed by atoms with van der Waals surface area (Å²) in [5.41, 5.74) is 0. The van der Waals surface area contributed by atoms with Crippen molar-refractivity contribution in [3.05, 3.63) is 0 Å². The highest BCUT2D eigenvalue weighted by Crippen LogP contribution is 2.11. The van der Waals surface area contributed by atoms with Crippen LogP contribution in [-0.4, -0.2) is 31.1 Å². The van der Waals surface area contributed by atoms with Gasteiger partial charge in [0.25, 0.3) is 0 Å². The Morgan fingerprint density at radius 2 is 1.82 bits per heavy atom. The van der Waals surface area contributed by atoms with Gasteiger partial charge in [0.1, 0.15) is 0 Å². The highest BCUT2D eigenvalue weighted by atomic mass is 32.2. The molecule has 68 valence electrons. The molecule has 0 aliphatic rings. The van der Waals surface area contributed by atoms with Gasteiger partial charge in [0.05, 0.1) is 11.9 Å². The minimum absolute atomic E-state index is 0.00931. The standard InChI is InChI=1S/C7H16O3S/c1-4-11(9,10)7(5-8)6(2)3/h6-8H,4-5H2,1-3H3. The largest absolute Gasteiger partial charge is 0.395 e. The van der Waals surface area contributed by atoms with Crippen LogP contribution in [0.2, 0.25) is 0 Å². The first-order valence-corrected chi connectivity index (χ1v) is 5.49. The molecule has 0 amide bonds. The molecule has 0 rings (SSSR count). The Morgan fingerprint density at radius 3 is 1.91 bits per heavy atom. The normalized spacial score (nSPS) is 15.4. The zero-order chi connectivity index (χ0) is 9.07. The fourth-order valence-electron chi connectivity index (χ4n) is 0.953. The first-order chi connectivity index (χ1) is 4.95. The van der Waals surface area contributed by atoms with Crippen molar-refractivity contribution in [3.8, 4) is 0 Å². The first-order valence-electron chi connectivity index (χ1n) is 3.78. The van der Waals surface area contributed by atoms with Crippen LogP contribution in [0.1, 0.15) is 20.8 Å². The van der Waals surface area contributed by atoms with Crippen molar-refractivity contribution in [2.24, 2.45) is 5.92 Å². The second-order valence-electron chi connectivity index (χ2n) is 2.92. The molecule has 3 nitrogen and oxygen atoms in total. The lowest BCUT2D eigenvalue weighted by molar-refractivity contribution is 0.269. The number of hydrogen-bond acceptors (Lipinski definition) is 3. The van der Waals surface area contributed by atoms with Gasteiger partial charge >= 0.3 is 0 Å². The Kier molecular flexibility index (Phi) is 4.03. The first kappa shape index (κ1) is 10.9. The molecule has 0 fully saturated rings. The Hall–Kier alpha value is -0.0900. The lowest BCUT2D eigenvalue weighted by atomic mass is 10.1. The monoisotopic (exact) mass is 180 g/mol. The van der Waals surface area contributed by atoms with Crippen LogP contribution in [0.3, 0.4) is 0 Å². The Bertz CT molecular complexity index is 194. The quantitative estimate of drug-likeness (QED) is 0.683. The molecule has 0 bridgehead atoms. The zero-order valence-electron chi connectivity index (χ0n) is 7.24. The molecule has 0 aliphatic heterocycles. The van der Waals surface area contributed by atoms with E-state index in [2.05, 4.69) is 0 Å². The van der Waals surface area contributed by atoms with Gasteiger partial charge in [-0.05, 0) is 5.92 Å².